The van der Waals surface area contributed by atoms with Crippen LogP contribution >= 0.6 is 0 Å². The summed E-state index contributed by atoms with van der Waals surface area (Å²) in [6.07, 6.45) is 1.48. The van der Waals surface area contributed by atoms with Gasteiger partial charge in [0.05, 0.1) is 25.6 Å². The smallest absolute Gasteiger partial charge is 0.341 e. The van der Waals surface area contributed by atoms with Crippen LogP contribution in [0.5, 0.6) is 0 Å². The summed E-state index contributed by atoms with van der Waals surface area (Å²) < 4.78 is 6.28. The number of aryl methyl sites for hydroxylation is 1. The van der Waals surface area contributed by atoms with Gasteiger partial charge in [0, 0.05) is 13.0 Å². The van der Waals surface area contributed by atoms with Crippen LogP contribution in [0, 0.1) is 0 Å². The Hall–Kier alpha value is -1.40. The number of rotatable bonds is 4. The molecular weight excluding hydrogens is 198 g/mol. The van der Waals surface area contributed by atoms with Gasteiger partial charge in [-0.05, 0) is 0 Å². The van der Waals surface area contributed by atoms with E-state index in [1.54, 1.807) is 11.7 Å². The quantitative estimate of drug-likeness (QED) is 0.571. The van der Waals surface area contributed by atoms with Gasteiger partial charge in [0.25, 0.3) is 0 Å². The highest BCUT2D eigenvalue weighted by atomic mass is 16.6. The van der Waals surface area contributed by atoms with Gasteiger partial charge in [-0.1, -0.05) is 6.92 Å². The Morgan fingerprint density at radius 1 is 1.73 bits per heavy atom. The van der Waals surface area contributed by atoms with Gasteiger partial charge in [-0.15, -0.1) is 0 Å². The highest BCUT2D eigenvalue weighted by Gasteiger charge is 2.21. The minimum Gasteiger partial charge on any atom is -0.465 e. The maximum Gasteiger partial charge on any atom is 0.341 e. The lowest BCUT2D eigenvalue weighted by Gasteiger charge is -2.12. The fraction of sp³-hybridized carbons (Fsp3) is 0.556. The van der Waals surface area contributed by atoms with Crippen molar-refractivity contribution in [1.82, 2.24) is 9.78 Å². The number of esters is 1. The molecular formula is C9H15N3O3. The summed E-state index contributed by atoms with van der Waals surface area (Å²) in [4.78, 5) is 16.0. The molecule has 0 saturated carbocycles. The fourth-order valence-electron chi connectivity index (χ4n) is 1.52. The molecule has 1 unspecified atom stereocenters. The number of nitrogens with two attached hydrogens (primary N) is 1. The van der Waals surface area contributed by atoms with Crippen molar-refractivity contribution < 1.29 is 14.4 Å². The van der Waals surface area contributed by atoms with Crippen molar-refractivity contribution in [2.45, 2.75) is 12.8 Å². The minimum absolute atomic E-state index is 0.0170. The van der Waals surface area contributed by atoms with Gasteiger partial charge in [-0.3, -0.25) is 4.68 Å². The second-order valence-corrected chi connectivity index (χ2v) is 3.29. The summed E-state index contributed by atoms with van der Waals surface area (Å²) in [5.41, 5.74) is 1.21. The molecule has 0 fully saturated rings. The Bertz CT molecular complexity index is 348. The lowest BCUT2D eigenvalue weighted by Crippen LogP contribution is -2.15. The maximum atomic E-state index is 11.4. The molecule has 0 radical (unpaired) electrons. The van der Waals surface area contributed by atoms with Gasteiger partial charge in [0.1, 0.15) is 5.56 Å². The third-order valence-corrected chi connectivity index (χ3v) is 2.20. The SMILES string of the molecule is COC(=O)c1cnn(C)c1C(C)CON. The highest BCUT2D eigenvalue weighted by Crippen LogP contribution is 2.19. The molecule has 6 nitrogen and oxygen atoms in total. The van der Waals surface area contributed by atoms with E-state index in [1.807, 2.05) is 6.92 Å². The molecule has 0 spiro atoms. The predicted octanol–water partition coefficient (Wildman–Crippen LogP) is 0.200. The molecule has 1 atom stereocenters. The van der Waals surface area contributed by atoms with E-state index >= 15 is 0 Å². The molecule has 1 rings (SSSR count). The Kier molecular flexibility index (Phi) is 3.81. The third-order valence-electron chi connectivity index (χ3n) is 2.20. The number of carbonyl (C=O) groups excluding carboxylic acids is 1. The summed E-state index contributed by atoms with van der Waals surface area (Å²) in [7, 11) is 3.10. The molecule has 1 aromatic heterocycles. The minimum atomic E-state index is -0.401. The van der Waals surface area contributed by atoms with Crippen LogP contribution in [0.3, 0.4) is 0 Å². The number of carbonyl (C=O) groups is 1. The normalized spacial score (nSPS) is 12.5. The van der Waals surface area contributed by atoms with E-state index < -0.39 is 5.97 Å². The Morgan fingerprint density at radius 2 is 2.40 bits per heavy atom. The van der Waals surface area contributed by atoms with Crippen molar-refractivity contribution in [3.05, 3.63) is 17.5 Å². The van der Waals surface area contributed by atoms with Crippen LogP contribution in [0.15, 0.2) is 6.20 Å². The van der Waals surface area contributed by atoms with Crippen LogP contribution in [0.1, 0.15) is 28.9 Å². The van der Waals surface area contributed by atoms with E-state index in [0.717, 1.165) is 5.69 Å². The third kappa shape index (κ3) is 2.34. The first-order chi connectivity index (χ1) is 7.11. The maximum absolute atomic E-state index is 11.4. The Morgan fingerprint density at radius 3 is 2.93 bits per heavy atom. The first kappa shape index (κ1) is 11.7. The summed E-state index contributed by atoms with van der Waals surface area (Å²) in [5, 5.41) is 4.01. The molecule has 0 aliphatic rings. The second kappa shape index (κ2) is 4.90. The topological polar surface area (TPSA) is 79.4 Å². The van der Waals surface area contributed by atoms with Gasteiger partial charge in [-0.2, -0.15) is 5.10 Å². The molecule has 0 aromatic carbocycles. The summed E-state index contributed by atoms with van der Waals surface area (Å²) >= 11 is 0. The number of aromatic nitrogens is 2. The van der Waals surface area contributed by atoms with E-state index in [1.165, 1.54) is 13.3 Å². The lowest BCUT2D eigenvalue weighted by atomic mass is 10.1. The zero-order valence-corrected chi connectivity index (χ0v) is 9.06. The van der Waals surface area contributed by atoms with Crippen molar-refractivity contribution in [2.24, 2.45) is 12.9 Å². The molecule has 0 bridgehead atoms. The molecule has 1 aromatic rings. The van der Waals surface area contributed by atoms with E-state index in [9.17, 15) is 4.79 Å². The molecule has 2 N–H and O–H groups in total. The van der Waals surface area contributed by atoms with Gasteiger partial charge >= 0.3 is 5.97 Å². The summed E-state index contributed by atoms with van der Waals surface area (Å²) in [6, 6.07) is 0. The lowest BCUT2D eigenvalue weighted by molar-refractivity contribution is 0.0597. The van der Waals surface area contributed by atoms with Crippen LogP contribution in [-0.4, -0.2) is 29.5 Å². The van der Waals surface area contributed by atoms with Crippen molar-refractivity contribution >= 4 is 5.97 Å². The zero-order chi connectivity index (χ0) is 11.4. The molecule has 84 valence electrons. The average Bonchev–Trinajstić information content (AvgIpc) is 2.59. The largest absolute Gasteiger partial charge is 0.465 e. The van der Waals surface area contributed by atoms with Gasteiger partial charge in [0.2, 0.25) is 0 Å². The number of methoxy groups -OCH3 is 1. The summed E-state index contributed by atoms with van der Waals surface area (Å²) in [6.45, 7) is 2.22. The van der Waals surface area contributed by atoms with E-state index in [0.29, 0.717) is 12.2 Å². The standard InChI is InChI=1S/C9H15N3O3/c1-6(5-15-10)8-7(9(13)14-3)4-11-12(8)2/h4,6H,5,10H2,1-3H3. The van der Waals surface area contributed by atoms with Gasteiger partial charge in [-0.25, -0.2) is 10.7 Å². The molecule has 0 aliphatic heterocycles. The Labute approximate surface area is 87.9 Å². The van der Waals surface area contributed by atoms with Crippen molar-refractivity contribution in [2.75, 3.05) is 13.7 Å². The van der Waals surface area contributed by atoms with Crippen LogP contribution in [-0.2, 0) is 16.6 Å². The molecule has 0 amide bonds. The van der Waals surface area contributed by atoms with Gasteiger partial charge < -0.3 is 9.57 Å². The Balaban J connectivity index is 3.03. The number of hydrogen-bond donors (Lipinski definition) is 1. The van der Waals surface area contributed by atoms with Crippen molar-refractivity contribution in [3.8, 4) is 0 Å². The molecule has 0 aliphatic carbocycles. The average molecular weight is 213 g/mol. The van der Waals surface area contributed by atoms with E-state index in [4.69, 9.17) is 5.90 Å². The van der Waals surface area contributed by atoms with Crippen molar-refractivity contribution in [1.29, 1.82) is 0 Å². The van der Waals surface area contributed by atoms with Crippen LogP contribution in [0.25, 0.3) is 0 Å². The summed E-state index contributed by atoms with van der Waals surface area (Å²) in [5.74, 6) is 4.58. The van der Waals surface area contributed by atoms with Gasteiger partial charge in [0.15, 0.2) is 0 Å². The predicted molar refractivity (Wildman–Crippen MR) is 53.1 cm³/mol. The number of ether oxygens (including phenoxy) is 1. The molecule has 0 saturated heterocycles. The molecule has 1 heterocycles. The second-order valence-electron chi connectivity index (χ2n) is 3.29. The molecule has 15 heavy (non-hydrogen) atoms. The number of nitrogens with zero attached hydrogens (tertiary/aromatic N) is 2. The van der Waals surface area contributed by atoms with E-state index in [-0.39, 0.29) is 5.92 Å². The number of hydrogen-bond acceptors (Lipinski definition) is 5. The van der Waals surface area contributed by atoms with Crippen LogP contribution in [0.4, 0.5) is 0 Å². The zero-order valence-electron chi connectivity index (χ0n) is 9.06. The molecule has 6 heteroatoms. The first-order valence-corrected chi connectivity index (χ1v) is 4.53. The van der Waals surface area contributed by atoms with E-state index in [2.05, 4.69) is 14.7 Å². The first-order valence-electron chi connectivity index (χ1n) is 4.53. The van der Waals surface area contributed by atoms with Crippen LogP contribution in [0.2, 0.25) is 0 Å². The monoisotopic (exact) mass is 213 g/mol. The van der Waals surface area contributed by atoms with Crippen LogP contribution < -0.4 is 5.90 Å². The van der Waals surface area contributed by atoms with Crippen molar-refractivity contribution in [3.63, 3.8) is 0 Å². The highest BCUT2D eigenvalue weighted by molar-refractivity contribution is 5.90. The fourth-order valence-corrected chi connectivity index (χ4v) is 1.52.